The van der Waals surface area contributed by atoms with Gasteiger partial charge in [-0.05, 0) is 56.2 Å². The van der Waals surface area contributed by atoms with Gasteiger partial charge in [-0.2, -0.15) is 5.10 Å². The first kappa shape index (κ1) is 22.9. The molecule has 0 aliphatic carbocycles. The zero-order valence-electron chi connectivity index (χ0n) is 19.9. The SMILES string of the molecule is Cc1cc(NC(=O)COc2ccccc2)n(C2NC(=O)C3CNN(c4ccc(C)c(C)c4)C3N2)n1. The largest absolute Gasteiger partial charge is 0.484 e. The van der Waals surface area contributed by atoms with Crippen molar-refractivity contribution in [2.75, 3.05) is 23.5 Å². The highest BCUT2D eigenvalue weighted by molar-refractivity contribution is 5.91. The summed E-state index contributed by atoms with van der Waals surface area (Å²) in [7, 11) is 0. The number of anilines is 2. The molecule has 3 unspecified atom stereocenters. The Bertz CT molecular complexity index is 1240. The predicted octanol–water partition coefficient (Wildman–Crippen LogP) is 1.97. The number of nitrogens with one attached hydrogen (secondary N) is 4. The predicted molar refractivity (Wildman–Crippen MR) is 132 cm³/mol. The lowest BCUT2D eigenvalue weighted by Gasteiger charge is -2.37. The minimum absolute atomic E-state index is 0.0876. The van der Waals surface area contributed by atoms with Crippen LogP contribution in [0.5, 0.6) is 5.75 Å². The Kier molecular flexibility index (Phi) is 6.14. The molecule has 0 bridgehead atoms. The first-order chi connectivity index (χ1) is 16.9. The second-order valence-electron chi connectivity index (χ2n) is 8.90. The second kappa shape index (κ2) is 9.40. The number of aromatic nitrogens is 2. The van der Waals surface area contributed by atoms with Gasteiger partial charge in [-0.25, -0.2) is 10.1 Å². The fraction of sp³-hybridized carbons (Fsp3) is 0.320. The number of ether oxygens (including phenoxy) is 1. The lowest BCUT2D eigenvalue weighted by Crippen LogP contribution is -2.61. The number of nitrogens with zero attached hydrogens (tertiary/aromatic N) is 3. The molecule has 182 valence electrons. The third kappa shape index (κ3) is 4.71. The highest BCUT2D eigenvalue weighted by atomic mass is 16.5. The van der Waals surface area contributed by atoms with Gasteiger partial charge in [-0.3, -0.25) is 19.9 Å². The van der Waals surface area contributed by atoms with Crippen LogP contribution < -0.4 is 31.1 Å². The molecule has 2 amide bonds. The van der Waals surface area contributed by atoms with Crippen molar-refractivity contribution in [3.8, 4) is 5.75 Å². The second-order valence-corrected chi connectivity index (χ2v) is 8.90. The van der Waals surface area contributed by atoms with Crippen molar-refractivity contribution in [3.05, 3.63) is 71.4 Å². The molecule has 5 rings (SSSR count). The fourth-order valence-corrected chi connectivity index (χ4v) is 4.37. The number of rotatable bonds is 6. The van der Waals surface area contributed by atoms with Gasteiger partial charge in [0.15, 0.2) is 12.9 Å². The maximum absolute atomic E-state index is 13.0. The summed E-state index contributed by atoms with van der Waals surface area (Å²) in [5, 5.41) is 15.8. The molecule has 2 saturated heterocycles. The molecule has 10 nitrogen and oxygen atoms in total. The van der Waals surface area contributed by atoms with Crippen LogP contribution in [0.1, 0.15) is 23.1 Å². The molecule has 2 aliphatic heterocycles. The summed E-state index contributed by atoms with van der Waals surface area (Å²) in [5.74, 6) is 0.385. The molecule has 0 spiro atoms. The maximum Gasteiger partial charge on any atom is 0.263 e. The third-order valence-electron chi connectivity index (χ3n) is 6.34. The first-order valence-electron chi connectivity index (χ1n) is 11.6. The van der Waals surface area contributed by atoms with Crippen molar-refractivity contribution in [2.24, 2.45) is 5.92 Å². The molecule has 2 aromatic carbocycles. The summed E-state index contributed by atoms with van der Waals surface area (Å²) < 4.78 is 7.13. The van der Waals surface area contributed by atoms with E-state index in [0.717, 1.165) is 5.69 Å². The van der Waals surface area contributed by atoms with Crippen molar-refractivity contribution in [1.82, 2.24) is 25.8 Å². The molecule has 2 fully saturated rings. The minimum atomic E-state index is -0.642. The number of aryl methyl sites for hydroxylation is 3. The number of benzene rings is 2. The van der Waals surface area contributed by atoms with Crippen LogP contribution >= 0.6 is 0 Å². The lowest BCUT2D eigenvalue weighted by molar-refractivity contribution is -0.129. The van der Waals surface area contributed by atoms with Gasteiger partial charge < -0.3 is 15.4 Å². The Labute approximate surface area is 203 Å². The summed E-state index contributed by atoms with van der Waals surface area (Å²) in [5.41, 5.74) is 7.41. The minimum Gasteiger partial charge on any atom is -0.484 e. The quantitative estimate of drug-likeness (QED) is 0.431. The van der Waals surface area contributed by atoms with Gasteiger partial charge in [0.1, 0.15) is 17.7 Å². The lowest BCUT2D eigenvalue weighted by atomic mass is 10.0. The molecule has 1 aromatic heterocycles. The Balaban J connectivity index is 1.32. The Morgan fingerprint density at radius 2 is 1.91 bits per heavy atom. The van der Waals surface area contributed by atoms with Crippen LogP contribution in [0.15, 0.2) is 54.6 Å². The number of amides is 2. The molecule has 0 saturated carbocycles. The van der Waals surface area contributed by atoms with Gasteiger partial charge in [0.25, 0.3) is 5.91 Å². The van der Waals surface area contributed by atoms with Gasteiger partial charge >= 0.3 is 0 Å². The van der Waals surface area contributed by atoms with Crippen molar-refractivity contribution >= 4 is 23.3 Å². The standard InChI is InChI=1S/C25H29N7O3/c1-15-9-10-18(11-16(15)2)31-23-20(13-26-31)24(34)29-25(28-23)32-21(12-17(3)30-32)27-22(33)14-35-19-7-5-4-6-8-19/h4-12,20,23,25-26,28H,13-14H2,1-3H3,(H,27,33)(H,29,34). The zero-order valence-corrected chi connectivity index (χ0v) is 19.9. The number of fused-ring (bicyclic) bond motifs is 1. The molecular formula is C25H29N7O3. The van der Waals surface area contributed by atoms with E-state index in [0.29, 0.717) is 23.8 Å². The van der Waals surface area contributed by atoms with Gasteiger partial charge in [-0.1, -0.05) is 24.3 Å². The van der Waals surface area contributed by atoms with Crippen molar-refractivity contribution in [3.63, 3.8) is 0 Å². The topological polar surface area (TPSA) is 113 Å². The Morgan fingerprint density at radius 1 is 1.11 bits per heavy atom. The average molecular weight is 476 g/mol. The number of hydrogen-bond acceptors (Lipinski definition) is 7. The summed E-state index contributed by atoms with van der Waals surface area (Å²) in [6, 6.07) is 17.1. The van der Waals surface area contributed by atoms with E-state index in [4.69, 9.17) is 4.74 Å². The summed E-state index contributed by atoms with van der Waals surface area (Å²) in [6.45, 7) is 6.34. The summed E-state index contributed by atoms with van der Waals surface area (Å²) in [6.07, 6.45) is -0.929. The number of para-hydroxylation sites is 1. The fourth-order valence-electron chi connectivity index (χ4n) is 4.37. The van der Waals surface area contributed by atoms with Crippen LogP contribution in [0.2, 0.25) is 0 Å². The number of carbonyl (C=O) groups is 2. The van der Waals surface area contributed by atoms with E-state index in [1.165, 1.54) is 11.1 Å². The van der Waals surface area contributed by atoms with Gasteiger partial charge in [-0.15, -0.1) is 0 Å². The molecule has 0 radical (unpaired) electrons. The van der Waals surface area contributed by atoms with Gasteiger partial charge in [0.2, 0.25) is 5.91 Å². The van der Waals surface area contributed by atoms with Gasteiger partial charge in [0, 0.05) is 12.6 Å². The Morgan fingerprint density at radius 3 is 2.69 bits per heavy atom. The molecule has 4 N–H and O–H groups in total. The van der Waals surface area contributed by atoms with E-state index in [1.807, 2.05) is 36.2 Å². The van der Waals surface area contributed by atoms with E-state index in [1.54, 1.807) is 22.9 Å². The third-order valence-corrected chi connectivity index (χ3v) is 6.34. The Hall–Kier alpha value is -3.89. The normalized spacial score (nSPS) is 21.4. The number of hydrazine groups is 1. The average Bonchev–Trinajstić information content (AvgIpc) is 3.44. The van der Waals surface area contributed by atoms with Crippen LogP contribution in [0, 0.1) is 26.7 Å². The molecule has 3 atom stereocenters. The molecule has 35 heavy (non-hydrogen) atoms. The first-order valence-corrected chi connectivity index (χ1v) is 11.6. The van der Waals surface area contributed by atoms with Crippen molar-refractivity contribution in [2.45, 2.75) is 33.2 Å². The maximum atomic E-state index is 13.0. The molecule has 10 heteroatoms. The summed E-state index contributed by atoms with van der Waals surface area (Å²) >= 11 is 0. The van der Waals surface area contributed by atoms with Crippen LogP contribution in [-0.4, -0.2) is 40.9 Å². The van der Waals surface area contributed by atoms with E-state index in [9.17, 15) is 9.59 Å². The van der Waals surface area contributed by atoms with E-state index < -0.39 is 6.29 Å². The molecule has 2 aliphatic rings. The number of hydrogen-bond donors (Lipinski definition) is 4. The van der Waals surface area contributed by atoms with Crippen LogP contribution in [0.25, 0.3) is 0 Å². The van der Waals surface area contributed by atoms with Gasteiger partial charge in [0.05, 0.1) is 17.3 Å². The van der Waals surface area contributed by atoms with E-state index >= 15 is 0 Å². The highest BCUT2D eigenvalue weighted by Gasteiger charge is 2.45. The van der Waals surface area contributed by atoms with Crippen molar-refractivity contribution in [1.29, 1.82) is 0 Å². The van der Waals surface area contributed by atoms with Crippen LogP contribution in [0.3, 0.4) is 0 Å². The summed E-state index contributed by atoms with van der Waals surface area (Å²) in [4.78, 5) is 25.6. The highest BCUT2D eigenvalue weighted by Crippen LogP contribution is 2.29. The van der Waals surface area contributed by atoms with E-state index in [2.05, 4.69) is 52.5 Å². The molecule has 3 heterocycles. The zero-order chi connectivity index (χ0) is 24.5. The smallest absolute Gasteiger partial charge is 0.263 e. The monoisotopic (exact) mass is 475 g/mol. The van der Waals surface area contributed by atoms with E-state index in [-0.39, 0.29) is 30.5 Å². The van der Waals surface area contributed by atoms with Crippen LogP contribution in [-0.2, 0) is 9.59 Å². The number of carbonyl (C=O) groups excluding carboxylic acids is 2. The van der Waals surface area contributed by atoms with Crippen molar-refractivity contribution < 1.29 is 14.3 Å². The molecule has 3 aromatic rings. The van der Waals surface area contributed by atoms with Crippen LogP contribution in [0.4, 0.5) is 11.5 Å². The molecular weight excluding hydrogens is 446 g/mol.